The lowest BCUT2D eigenvalue weighted by Crippen LogP contribution is -2.21. The van der Waals surface area contributed by atoms with E-state index < -0.39 is 19.0 Å². The predicted octanol–water partition coefficient (Wildman–Crippen LogP) is 2.83. The Morgan fingerprint density at radius 3 is 2.17 bits per heavy atom. The van der Waals surface area contributed by atoms with E-state index in [4.69, 9.17) is 0 Å². The van der Waals surface area contributed by atoms with Crippen LogP contribution in [0.15, 0.2) is 30.3 Å². The Kier molecular flexibility index (Phi) is 2.74. The zero-order valence-electron chi connectivity index (χ0n) is 6.43. The van der Waals surface area contributed by atoms with Crippen LogP contribution < -0.4 is 0 Å². The highest BCUT2D eigenvalue weighted by atomic mass is 19.3. The van der Waals surface area contributed by atoms with Gasteiger partial charge in [0, 0.05) is 6.42 Å². The van der Waals surface area contributed by atoms with Gasteiger partial charge in [0.05, 0.1) is 0 Å². The van der Waals surface area contributed by atoms with Gasteiger partial charge >= 0.3 is 0 Å². The predicted molar refractivity (Wildman–Crippen MR) is 41.1 cm³/mol. The lowest BCUT2D eigenvalue weighted by atomic mass is 10.1. The summed E-state index contributed by atoms with van der Waals surface area (Å²) in [5, 5.41) is 0. The fourth-order valence-corrected chi connectivity index (χ4v) is 0.942. The van der Waals surface area contributed by atoms with Crippen molar-refractivity contribution < 1.29 is 13.2 Å². The van der Waals surface area contributed by atoms with Crippen molar-refractivity contribution in [2.24, 2.45) is 0 Å². The minimum Gasteiger partial charge on any atom is -0.244 e. The summed E-state index contributed by atoms with van der Waals surface area (Å²) in [6.45, 7) is -1.60. The monoisotopic (exact) mass is 174 g/mol. The van der Waals surface area contributed by atoms with Crippen molar-refractivity contribution in [3.63, 3.8) is 0 Å². The molecule has 66 valence electrons. The second kappa shape index (κ2) is 3.61. The molecular formula is C9H9F3. The summed E-state index contributed by atoms with van der Waals surface area (Å²) in [7, 11) is 0. The number of rotatable bonds is 3. The molecule has 0 bridgehead atoms. The van der Waals surface area contributed by atoms with E-state index in [1.807, 2.05) is 0 Å². The van der Waals surface area contributed by atoms with Crippen LogP contribution in [0.2, 0.25) is 0 Å². The molecule has 0 spiro atoms. The van der Waals surface area contributed by atoms with E-state index >= 15 is 0 Å². The molecule has 0 N–H and O–H groups in total. The van der Waals surface area contributed by atoms with E-state index in [0.717, 1.165) is 0 Å². The summed E-state index contributed by atoms with van der Waals surface area (Å²) in [4.78, 5) is 0. The molecule has 0 atom stereocenters. The average molecular weight is 174 g/mol. The van der Waals surface area contributed by atoms with Crippen LogP contribution in [-0.4, -0.2) is 12.6 Å². The lowest BCUT2D eigenvalue weighted by Gasteiger charge is -2.11. The Morgan fingerprint density at radius 1 is 1.08 bits per heavy atom. The van der Waals surface area contributed by atoms with Gasteiger partial charge in [-0.05, 0) is 5.56 Å². The van der Waals surface area contributed by atoms with E-state index in [9.17, 15) is 13.2 Å². The summed E-state index contributed by atoms with van der Waals surface area (Å²) in [6.07, 6.45) is -0.523. The number of hydrogen-bond donors (Lipinski definition) is 0. The van der Waals surface area contributed by atoms with Crippen LogP contribution in [0.4, 0.5) is 13.2 Å². The summed E-state index contributed by atoms with van der Waals surface area (Å²) in [6, 6.07) is 8.16. The standard InChI is InChI=1S/C9H9F3/c10-7-9(11,12)6-8-4-2-1-3-5-8/h1-5H,6-7H2. The normalized spacial score (nSPS) is 11.6. The highest BCUT2D eigenvalue weighted by Crippen LogP contribution is 2.19. The minimum absolute atomic E-state index is 0.458. The first-order valence-electron chi connectivity index (χ1n) is 3.62. The van der Waals surface area contributed by atoms with Crippen LogP contribution in [0.25, 0.3) is 0 Å². The van der Waals surface area contributed by atoms with Crippen molar-refractivity contribution in [1.29, 1.82) is 0 Å². The summed E-state index contributed by atoms with van der Waals surface area (Å²) >= 11 is 0. The van der Waals surface area contributed by atoms with Crippen LogP contribution in [-0.2, 0) is 6.42 Å². The Bertz CT molecular complexity index is 231. The van der Waals surface area contributed by atoms with Gasteiger partial charge in [-0.2, -0.15) is 0 Å². The third-order valence-corrected chi connectivity index (χ3v) is 1.50. The van der Waals surface area contributed by atoms with Gasteiger partial charge in [-0.1, -0.05) is 30.3 Å². The first-order valence-corrected chi connectivity index (χ1v) is 3.62. The van der Waals surface area contributed by atoms with Crippen LogP contribution in [0, 0.1) is 0 Å². The van der Waals surface area contributed by atoms with Gasteiger partial charge in [0.25, 0.3) is 5.92 Å². The molecule has 1 rings (SSSR count). The minimum atomic E-state index is -3.22. The molecule has 0 radical (unpaired) electrons. The second-order valence-electron chi connectivity index (χ2n) is 2.65. The molecule has 0 heterocycles. The molecule has 3 heteroatoms. The van der Waals surface area contributed by atoms with Crippen molar-refractivity contribution in [3.05, 3.63) is 35.9 Å². The Balaban J connectivity index is 2.64. The molecule has 0 unspecified atom stereocenters. The lowest BCUT2D eigenvalue weighted by molar-refractivity contribution is -0.0216. The molecule has 0 aromatic heterocycles. The molecule has 0 saturated heterocycles. The van der Waals surface area contributed by atoms with E-state index in [1.54, 1.807) is 30.3 Å². The highest BCUT2D eigenvalue weighted by Gasteiger charge is 2.28. The van der Waals surface area contributed by atoms with Crippen molar-refractivity contribution in [1.82, 2.24) is 0 Å². The number of hydrogen-bond acceptors (Lipinski definition) is 0. The van der Waals surface area contributed by atoms with Crippen LogP contribution in [0.1, 0.15) is 5.56 Å². The average Bonchev–Trinajstić information content (AvgIpc) is 2.06. The second-order valence-corrected chi connectivity index (χ2v) is 2.65. The Labute approximate surface area is 69.0 Å². The van der Waals surface area contributed by atoms with Gasteiger partial charge in [0.2, 0.25) is 0 Å². The highest BCUT2D eigenvalue weighted by molar-refractivity contribution is 5.16. The molecule has 0 aliphatic carbocycles. The summed E-state index contributed by atoms with van der Waals surface area (Å²) in [5.41, 5.74) is 0.458. The molecule has 0 nitrogen and oxygen atoms in total. The van der Waals surface area contributed by atoms with E-state index in [2.05, 4.69) is 0 Å². The maximum absolute atomic E-state index is 12.5. The van der Waals surface area contributed by atoms with Crippen LogP contribution >= 0.6 is 0 Å². The topological polar surface area (TPSA) is 0 Å². The maximum Gasteiger partial charge on any atom is 0.279 e. The van der Waals surface area contributed by atoms with Crippen LogP contribution in [0.5, 0.6) is 0 Å². The molecule has 0 aliphatic heterocycles. The first-order chi connectivity index (χ1) is 5.64. The van der Waals surface area contributed by atoms with Gasteiger partial charge < -0.3 is 0 Å². The molecule has 12 heavy (non-hydrogen) atoms. The number of alkyl halides is 3. The maximum atomic E-state index is 12.5. The SMILES string of the molecule is FCC(F)(F)Cc1ccccc1. The fraction of sp³-hybridized carbons (Fsp3) is 0.333. The van der Waals surface area contributed by atoms with Crippen molar-refractivity contribution in [2.45, 2.75) is 12.3 Å². The zero-order chi connectivity index (χ0) is 9.03. The Hall–Kier alpha value is -0.990. The van der Waals surface area contributed by atoms with Gasteiger partial charge in [0.1, 0.15) is 0 Å². The molecule has 1 aromatic rings. The molecule has 0 amide bonds. The number of halogens is 3. The van der Waals surface area contributed by atoms with Crippen molar-refractivity contribution in [3.8, 4) is 0 Å². The molecule has 0 saturated carbocycles. The molecular weight excluding hydrogens is 165 g/mol. The molecule has 0 fully saturated rings. The van der Waals surface area contributed by atoms with Gasteiger partial charge in [-0.15, -0.1) is 0 Å². The van der Waals surface area contributed by atoms with E-state index in [0.29, 0.717) is 5.56 Å². The van der Waals surface area contributed by atoms with Crippen molar-refractivity contribution >= 4 is 0 Å². The third kappa shape index (κ3) is 2.57. The largest absolute Gasteiger partial charge is 0.279 e. The van der Waals surface area contributed by atoms with Crippen molar-refractivity contribution in [2.75, 3.05) is 6.67 Å². The van der Waals surface area contributed by atoms with Gasteiger partial charge in [-0.25, -0.2) is 13.2 Å². The molecule has 1 aromatic carbocycles. The molecule has 0 aliphatic rings. The first kappa shape index (κ1) is 9.10. The van der Waals surface area contributed by atoms with Gasteiger partial charge in [-0.3, -0.25) is 0 Å². The fourth-order valence-electron chi connectivity index (χ4n) is 0.942. The number of benzene rings is 1. The van der Waals surface area contributed by atoms with E-state index in [-0.39, 0.29) is 0 Å². The smallest absolute Gasteiger partial charge is 0.244 e. The van der Waals surface area contributed by atoms with E-state index in [1.165, 1.54) is 0 Å². The quantitative estimate of drug-likeness (QED) is 0.661. The third-order valence-electron chi connectivity index (χ3n) is 1.50. The van der Waals surface area contributed by atoms with Gasteiger partial charge in [0.15, 0.2) is 6.67 Å². The zero-order valence-corrected chi connectivity index (χ0v) is 6.43. The summed E-state index contributed by atoms with van der Waals surface area (Å²) < 4.78 is 36.6. The van der Waals surface area contributed by atoms with Crippen LogP contribution in [0.3, 0.4) is 0 Å². The summed E-state index contributed by atoms with van der Waals surface area (Å²) in [5.74, 6) is -3.22. The Morgan fingerprint density at radius 2 is 1.67 bits per heavy atom.